The predicted molar refractivity (Wildman–Crippen MR) is 55.3 cm³/mol. The molecule has 0 saturated heterocycles. The van der Waals surface area contributed by atoms with Gasteiger partial charge in [-0.05, 0) is 5.56 Å². The molecule has 0 saturated carbocycles. The van der Waals surface area contributed by atoms with Crippen LogP contribution in [0.25, 0.3) is 6.08 Å². The average molecular weight is 180 g/mol. The standard InChI is InChI=1S/C10H12OS/c11-8-10(12)7-6-9-4-2-1-3-5-9/h1-7,10-12H,8H2. The number of hydrogen-bond donors (Lipinski definition) is 2. The summed E-state index contributed by atoms with van der Waals surface area (Å²) in [4.78, 5) is 0. The monoisotopic (exact) mass is 180 g/mol. The van der Waals surface area contributed by atoms with Crippen LogP contribution in [0.3, 0.4) is 0 Å². The van der Waals surface area contributed by atoms with E-state index >= 15 is 0 Å². The molecule has 0 aromatic heterocycles. The van der Waals surface area contributed by atoms with E-state index in [1.54, 1.807) is 0 Å². The molecule has 0 radical (unpaired) electrons. The van der Waals surface area contributed by atoms with Gasteiger partial charge in [0.15, 0.2) is 0 Å². The van der Waals surface area contributed by atoms with E-state index in [9.17, 15) is 0 Å². The first-order chi connectivity index (χ1) is 5.83. The maximum absolute atomic E-state index is 8.69. The molecule has 1 atom stereocenters. The molecule has 0 heterocycles. The van der Waals surface area contributed by atoms with Gasteiger partial charge in [-0.1, -0.05) is 42.5 Å². The van der Waals surface area contributed by atoms with Gasteiger partial charge in [-0.2, -0.15) is 12.6 Å². The Morgan fingerprint density at radius 2 is 2.00 bits per heavy atom. The molecule has 1 aromatic rings. The van der Waals surface area contributed by atoms with E-state index in [0.717, 1.165) is 5.56 Å². The van der Waals surface area contributed by atoms with Gasteiger partial charge in [0.1, 0.15) is 0 Å². The van der Waals surface area contributed by atoms with Crippen LogP contribution in [0.1, 0.15) is 5.56 Å². The summed E-state index contributed by atoms with van der Waals surface area (Å²) in [6.45, 7) is 0.0758. The molecule has 0 aliphatic rings. The number of rotatable bonds is 3. The van der Waals surface area contributed by atoms with Crippen molar-refractivity contribution in [3.63, 3.8) is 0 Å². The minimum absolute atomic E-state index is 0.0646. The summed E-state index contributed by atoms with van der Waals surface area (Å²) in [5.74, 6) is 0. The fourth-order valence-electron chi connectivity index (χ4n) is 0.847. The van der Waals surface area contributed by atoms with Crippen molar-refractivity contribution in [2.45, 2.75) is 5.25 Å². The lowest BCUT2D eigenvalue weighted by molar-refractivity contribution is 0.308. The van der Waals surface area contributed by atoms with Crippen molar-refractivity contribution in [2.24, 2.45) is 0 Å². The largest absolute Gasteiger partial charge is 0.395 e. The topological polar surface area (TPSA) is 20.2 Å². The lowest BCUT2D eigenvalue weighted by Gasteiger charge is -1.97. The Hall–Kier alpha value is -0.730. The number of hydrogen-bond acceptors (Lipinski definition) is 2. The molecule has 1 rings (SSSR count). The third-order valence-electron chi connectivity index (χ3n) is 1.50. The van der Waals surface area contributed by atoms with Gasteiger partial charge in [-0.15, -0.1) is 0 Å². The Morgan fingerprint density at radius 1 is 1.33 bits per heavy atom. The summed E-state index contributed by atoms with van der Waals surface area (Å²) >= 11 is 4.12. The second kappa shape index (κ2) is 5.01. The van der Waals surface area contributed by atoms with Crippen molar-refractivity contribution in [1.82, 2.24) is 0 Å². The van der Waals surface area contributed by atoms with E-state index in [1.807, 2.05) is 42.5 Å². The van der Waals surface area contributed by atoms with Gasteiger partial charge in [0.05, 0.1) is 6.61 Å². The summed E-state index contributed by atoms with van der Waals surface area (Å²) in [6.07, 6.45) is 3.83. The summed E-state index contributed by atoms with van der Waals surface area (Å²) in [5, 5.41) is 8.62. The molecule has 64 valence electrons. The van der Waals surface area contributed by atoms with Crippen molar-refractivity contribution in [3.8, 4) is 0 Å². The van der Waals surface area contributed by atoms with Crippen LogP contribution in [-0.4, -0.2) is 17.0 Å². The number of aliphatic hydroxyl groups excluding tert-OH is 1. The Morgan fingerprint density at radius 3 is 2.58 bits per heavy atom. The molecular weight excluding hydrogens is 168 g/mol. The molecular formula is C10H12OS. The molecule has 1 N–H and O–H groups in total. The first kappa shape index (κ1) is 9.36. The molecule has 0 fully saturated rings. The summed E-state index contributed by atoms with van der Waals surface area (Å²) in [6, 6.07) is 9.95. The first-order valence-electron chi connectivity index (χ1n) is 3.85. The second-order valence-corrected chi connectivity index (χ2v) is 3.18. The molecule has 2 heteroatoms. The number of thiol groups is 1. The van der Waals surface area contributed by atoms with Gasteiger partial charge in [-0.25, -0.2) is 0 Å². The van der Waals surface area contributed by atoms with Gasteiger partial charge in [0.25, 0.3) is 0 Å². The van der Waals surface area contributed by atoms with E-state index in [2.05, 4.69) is 12.6 Å². The summed E-state index contributed by atoms with van der Waals surface area (Å²) < 4.78 is 0. The van der Waals surface area contributed by atoms with E-state index in [0.29, 0.717) is 0 Å². The average Bonchev–Trinajstić information content (AvgIpc) is 2.16. The highest BCUT2D eigenvalue weighted by atomic mass is 32.1. The third kappa shape index (κ3) is 3.11. The van der Waals surface area contributed by atoms with Crippen LogP contribution in [0.2, 0.25) is 0 Å². The van der Waals surface area contributed by atoms with Crippen LogP contribution < -0.4 is 0 Å². The van der Waals surface area contributed by atoms with Crippen molar-refractivity contribution >= 4 is 18.7 Å². The fourth-order valence-corrected chi connectivity index (χ4v) is 0.933. The maximum Gasteiger partial charge on any atom is 0.0582 e. The smallest absolute Gasteiger partial charge is 0.0582 e. The lowest BCUT2D eigenvalue weighted by atomic mass is 10.2. The van der Waals surface area contributed by atoms with Crippen molar-refractivity contribution in [3.05, 3.63) is 42.0 Å². The molecule has 0 amide bonds. The highest BCUT2D eigenvalue weighted by Crippen LogP contribution is 2.04. The van der Waals surface area contributed by atoms with Gasteiger partial charge in [0, 0.05) is 5.25 Å². The Bertz CT molecular complexity index is 243. The molecule has 0 aliphatic carbocycles. The number of benzene rings is 1. The first-order valence-corrected chi connectivity index (χ1v) is 4.37. The predicted octanol–water partition coefficient (Wildman–Crippen LogP) is 1.99. The van der Waals surface area contributed by atoms with Gasteiger partial charge < -0.3 is 5.11 Å². The molecule has 12 heavy (non-hydrogen) atoms. The zero-order chi connectivity index (χ0) is 8.81. The Balaban J connectivity index is 2.58. The van der Waals surface area contributed by atoms with Crippen molar-refractivity contribution < 1.29 is 5.11 Å². The van der Waals surface area contributed by atoms with Crippen molar-refractivity contribution in [2.75, 3.05) is 6.61 Å². The molecule has 1 aromatic carbocycles. The third-order valence-corrected chi connectivity index (χ3v) is 1.83. The zero-order valence-electron chi connectivity index (χ0n) is 6.72. The highest BCUT2D eigenvalue weighted by molar-refractivity contribution is 7.81. The lowest BCUT2D eigenvalue weighted by Crippen LogP contribution is -1.98. The van der Waals surface area contributed by atoms with Crippen LogP contribution in [0.4, 0.5) is 0 Å². The molecule has 1 unspecified atom stereocenters. The van der Waals surface area contributed by atoms with E-state index in [4.69, 9.17) is 5.11 Å². The summed E-state index contributed by atoms with van der Waals surface area (Å²) in [7, 11) is 0. The molecule has 0 bridgehead atoms. The molecule has 0 spiro atoms. The normalized spacial score (nSPS) is 13.5. The van der Waals surface area contributed by atoms with Crippen LogP contribution in [-0.2, 0) is 0 Å². The van der Waals surface area contributed by atoms with Gasteiger partial charge >= 0.3 is 0 Å². The van der Waals surface area contributed by atoms with Crippen LogP contribution in [0, 0.1) is 0 Å². The van der Waals surface area contributed by atoms with E-state index < -0.39 is 0 Å². The molecule has 0 aliphatic heterocycles. The minimum Gasteiger partial charge on any atom is -0.395 e. The Labute approximate surface area is 78.2 Å². The minimum atomic E-state index is -0.0646. The quantitative estimate of drug-likeness (QED) is 0.682. The Kier molecular flexibility index (Phi) is 3.91. The summed E-state index contributed by atoms with van der Waals surface area (Å²) in [5.41, 5.74) is 1.13. The fraction of sp³-hybridized carbons (Fsp3) is 0.200. The van der Waals surface area contributed by atoms with E-state index in [-0.39, 0.29) is 11.9 Å². The van der Waals surface area contributed by atoms with Crippen LogP contribution in [0.15, 0.2) is 36.4 Å². The molecule has 1 nitrogen and oxygen atoms in total. The van der Waals surface area contributed by atoms with E-state index in [1.165, 1.54) is 0 Å². The zero-order valence-corrected chi connectivity index (χ0v) is 7.61. The maximum atomic E-state index is 8.69. The second-order valence-electron chi connectivity index (χ2n) is 2.52. The van der Waals surface area contributed by atoms with Crippen LogP contribution >= 0.6 is 12.6 Å². The van der Waals surface area contributed by atoms with Gasteiger partial charge in [-0.3, -0.25) is 0 Å². The van der Waals surface area contributed by atoms with Crippen LogP contribution in [0.5, 0.6) is 0 Å². The SMILES string of the molecule is OCC(S)C=Cc1ccccc1. The van der Waals surface area contributed by atoms with Gasteiger partial charge in [0.2, 0.25) is 0 Å². The van der Waals surface area contributed by atoms with Crippen molar-refractivity contribution in [1.29, 1.82) is 0 Å². The number of aliphatic hydroxyl groups is 1. The highest BCUT2D eigenvalue weighted by Gasteiger charge is 1.92.